The van der Waals surface area contributed by atoms with Crippen molar-refractivity contribution in [3.63, 3.8) is 0 Å². The Balaban J connectivity index is 1.99. The van der Waals surface area contributed by atoms with Crippen LogP contribution in [0.3, 0.4) is 0 Å². The van der Waals surface area contributed by atoms with Gasteiger partial charge in [-0.2, -0.15) is 0 Å². The molecule has 16 heavy (non-hydrogen) atoms. The molecular formula is C14H17ClO. The van der Waals surface area contributed by atoms with Crippen LogP contribution in [0.4, 0.5) is 0 Å². The number of hydrogen-bond acceptors (Lipinski definition) is 1. The molecule has 1 fully saturated rings. The highest BCUT2D eigenvalue weighted by molar-refractivity contribution is 6.30. The van der Waals surface area contributed by atoms with Gasteiger partial charge in [0.05, 0.1) is 0 Å². The summed E-state index contributed by atoms with van der Waals surface area (Å²) in [6.07, 6.45) is 4.35. The maximum Gasteiger partial charge on any atom is 0.132 e. The molecular weight excluding hydrogens is 220 g/mol. The van der Waals surface area contributed by atoms with E-state index in [2.05, 4.69) is 12.1 Å². The Morgan fingerprint density at radius 3 is 2.19 bits per heavy atom. The highest BCUT2D eigenvalue weighted by Gasteiger charge is 2.24. The van der Waals surface area contributed by atoms with Crippen LogP contribution in [0, 0.1) is 5.92 Å². The van der Waals surface area contributed by atoms with Crippen LogP contribution < -0.4 is 0 Å². The summed E-state index contributed by atoms with van der Waals surface area (Å²) in [4.78, 5) is 11.3. The van der Waals surface area contributed by atoms with Gasteiger partial charge in [-0.3, -0.25) is 4.79 Å². The fourth-order valence-corrected chi connectivity index (χ4v) is 2.69. The second-order valence-corrected chi connectivity index (χ2v) is 5.15. The Morgan fingerprint density at radius 2 is 1.69 bits per heavy atom. The van der Waals surface area contributed by atoms with E-state index in [1.54, 1.807) is 6.92 Å². The van der Waals surface area contributed by atoms with Gasteiger partial charge in [0.25, 0.3) is 0 Å². The van der Waals surface area contributed by atoms with Crippen molar-refractivity contribution in [3.05, 3.63) is 34.9 Å². The summed E-state index contributed by atoms with van der Waals surface area (Å²) in [5.41, 5.74) is 1.37. The van der Waals surface area contributed by atoms with Gasteiger partial charge in [0.1, 0.15) is 5.78 Å². The summed E-state index contributed by atoms with van der Waals surface area (Å²) in [5, 5.41) is 0.793. The van der Waals surface area contributed by atoms with Gasteiger partial charge in [-0.1, -0.05) is 23.7 Å². The van der Waals surface area contributed by atoms with Crippen LogP contribution in [0.15, 0.2) is 24.3 Å². The standard InChI is InChI=1S/C14H17ClO/c1-10(16)11-2-4-12(5-3-11)13-6-8-14(15)9-7-13/h6-9,11-12H,2-5H2,1H3/t11-,12-. The molecule has 0 spiro atoms. The normalized spacial score (nSPS) is 25.4. The van der Waals surface area contributed by atoms with Crippen LogP contribution in [-0.2, 0) is 4.79 Å². The minimum absolute atomic E-state index is 0.309. The Labute approximate surface area is 102 Å². The van der Waals surface area contributed by atoms with E-state index in [-0.39, 0.29) is 0 Å². The molecule has 86 valence electrons. The Morgan fingerprint density at radius 1 is 1.12 bits per heavy atom. The first-order valence-corrected chi connectivity index (χ1v) is 6.30. The Kier molecular flexibility index (Phi) is 3.65. The van der Waals surface area contributed by atoms with Crippen LogP contribution in [0.5, 0.6) is 0 Å². The minimum atomic E-state index is 0.309. The van der Waals surface area contributed by atoms with Crippen molar-refractivity contribution in [3.8, 4) is 0 Å². The zero-order valence-corrected chi connectivity index (χ0v) is 10.3. The minimum Gasteiger partial charge on any atom is -0.300 e. The number of benzene rings is 1. The lowest BCUT2D eigenvalue weighted by molar-refractivity contribution is -0.121. The summed E-state index contributed by atoms with van der Waals surface area (Å²) >= 11 is 5.87. The molecule has 0 bridgehead atoms. The lowest BCUT2D eigenvalue weighted by atomic mass is 9.77. The van der Waals surface area contributed by atoms with E-state index in [4.69, 9.17) is 11.6 Å². The van der Waals surface area contributed by atoms with Gasteiger partial charge < -0.3 is 0 Å². The molecule has 0 heterocycles. The first-order chi connectivity index (χ1) is 7.66. The third kappa shape index (κ3) is 2.65. The quantitative estimate of drug-likeness (QED) is 0.752. The summed E-state index contributed by atoms with van der Waals surface area (Å²) in [7, 11) is 0. The van der Waals surface area contributed by atoms with Crippen LogP contribution in [0.2, 0.25) is 5.02 Å². The summed E-state index contributed by atoms with van der Waals surface area (Å²) in [6.45, 7) is 1.72. The average molecular weight is 237 g/mol. The van der Waals surface area contributed by atoms with Crippen molar-refractivity contribution < 1.29 is 4.79 Å². The summed E-state index contributed by atoms with van der Waals surface area (Å²) in [5.74, 6) is 1.28. The molecule has 1 nitrogen and oxygen atoms in total. The molecule has 1 aliphatic carbocycles. The lowest BCUT2D eigenvalue weighted by Crippen LogP contribution is -2.18. The second kappa shape index (κ2) is 5.01. The van der Waals surface area contributed by atoms with E-state index in [9.17, 15) is 4.79 Å². The number of ketones is 1. The maximum atomic E-state index is 11.3. The molecule has 0 aliphatic heterocycles. The third-order valence-corrected chi connectivity index (χ3v) is 3.90. The fourth-order valence-electron chi connectivity index (χ4n) is 2.57. The van der Waals surface area contributed by atoms with Crippen molar-refractivity contribution in [2.45, 2.75) is 38.5 Å². The predicted octanol–water partition coefficient (Wildman–Crippen LogP) is 4.20. The molecule has 0 N–H and O–H groups in total. The molecule has 0 aromatic heterocycles. The van der Waals surface area contributed by atoms with Crippen LogP contribution in [0.1, 0.15) is 44.1 Å². The number of hydrogen-bond donors (Lipinski definition) is 0. The zero-order valence-electron chi connectivity index (χ0n) is 9.58. The molecule has 1 aromatic carbocycles. The number of carbonyl (C=O) groups excluding carboxylic acids is 1. The van der Waals surface area contributed by atoms with Crippen molar-refractivity contribution in [1.82, 2.24) is 0 Å². The van der Waals surface area contributed by atoms with Gasteiger partial charge in [-0.25, -0.2) is 0 Å². The van der Waals surface area contributed by atoms with Gasteiger partial charge in [0.15, 0.2) is 0 Å². The predicted molar refractivity (Wildman–Crippen MR) is 66.8 cm³/mol. The maximum absolute atomic E-state index is 11.3. The van der Waals surface area contributed by atoms with Crippen LogP contribution in [-0.4, -0.2) is 5.78 Å². The molecule has 0 radical (unpaired) electrons. The SMILES string of the molecule is CC(=O)[C@H]1CC[C@H](c2ccc(Cl)cc2)CC1. The average Bonchev–Trinajstić information content (AvgIpc) is 2.30. The van der Waals surface area contributed by atoms with E-state index in [0.717, 1.165) is 30.7 Å². The van der Waals surface area contributed by atoms with E-state index >= 15 is 0 Å². The van der Waals surface area contributed by atoms with Gasteiger partial charge in [0.2, 0.25) is 0 Å². The van der Waals surface area contributed by atoms with Gasteiger partial charge in [-0.15, -0.1) is 0 Å². The lowest BCUT2D eigenvalue weighted by Gasteiger charge is -2.27. The van der Waals surface area contributed by atoms with Crippen LogP contribution in [0.25, 0.3) is 0 Å². The first-order valence-electron chi connectivity index (χ1n) is 5.92. The Hall–Kier alpha value is -0.820. The zero-order chi connectivity index (χ0) is 11.5. The topological polar surface area (TPSA) is 17.1 Å². The first kappa shape index (κ1) is 11.7. The second-order valence-electron chi connectivity index (χ2n) is 4.71. The molecule has 0 saturated heterocycles. The van der Waals surface area contributed by atoms with Crippen molar-refractivity contribution in [2.75, 3.05) is 0 Å². The number of halogens is 1. The monoisotopic (exact) mass is 236 g/mol. The largest absolute Gasteiger partial charge is 0.300 e. The van der Waals surface area contributed by atoms with E-state index in [0.29, 0.717) is 17.6 Å². The molecule has 2 heteroatoms. The molecule has 0 amide bonds. The van der Waals surface area contributed by atoms with Gasteiger partial charge in [-0.05, 0) is 56.2 Å². The van der Waals surface area contributed by atoms with Crippen LogP contribution >= 0.6 is 11.6 Å². The summed E-state index contributed by atoms with van der Waals surface area (Å²) < 4.78 is 0. The van der Waals surface area contributed by atoms with Gasteiger partial charge >= 0.3 is 0 Å². The summed E-state index contributed by atoms with van der Waals surface area (Å²) in [6, 6.07) is 8.13. The fraction of sp³-hybridized carbons (Fsp3) is 0.500. The molecule has 0 unspecified atom stereocenters. The number of carbonyl (C=O) groups is 1. The Bertz CT molecular complexity index is 361. The van der Waals surface area contributed by atoms with E-state index in [1.165, 1.54) is 5.56 Å². The molecule has 1 saturated carbocycles. The highest BCUT2D eigenvalue weighted by atomic mass is 35.5. The number of Topliss-reactive ketones (excluding diaryl/α,β-unsaturated/α-hetero) is 1. The van der Waals surface area contributed by atoms with Crippen molar-refractivity contribution in [1.29, 1.82) is 0 Å². The number of rotatable bonds is 2. The van der Waals surface area contributed by atoms with Gasteiger partial charge in [0, 0.05) is 10.9 Å². The smallest absolute Gasteiger partial charge is 0.132 e. The van der Waals surface area contributed by atoms with Crippen molar-refractivity contribution in [2.24, 2.45) is 5.92 Å². The van der Waals surface area contributed by atoms with Crippen molar-refractivity contribution >= 4 is 17.4 Å². The molecule has 0 atom stereocenters. The van der Waals surface area contributed by atoms with E-state index < -0.39 is 0 Å². The third-order valence-electron chi connectivity index (χ3n) is 3.64. The molecule has 2 rings (SSSR count). The van der Waals surface area contributed by atoms with E-state index in [1.807, 2.05) is 12.1 Å². The molecule has 1 aliphatic rings. The molecule has 1 aromatic rings. The highest BCUT2D eigenvalue weighted by Crippen LogP contribution is 2.36.